The van der Waals surface area contributed by atoms with E-state index >= 15 is 0 Å². The monoisotopic (exact) mass is 524 g/mol. The molecule has 0 spiro atoms. The number of rotatable bonds is 5. The van der Waals surface area contributed by atoms with E-state index in [-0.39, 0.29) is 11.4 Å². The summed E-state index contributed by atoms with van der Waals surface area (Å²) in [6.07, 6.45) is 1.53. The molecule has 8 heteroatoms. The third-order valence-corrected chi connectivity index (χ3v) is 6.82. The molecule has 1 fully saturated rings. The zero-order valence-electron chi connectivity index (χ0n) is 18.3. The van der Waals surface area contributed by atoms with Crippen LogP contribution in [0.5, 0.6) is 0 Å². The summed E-state index contributed by atoms with van der Waals surface area (Å²) in [5.74, 6) is 0.128. The second-order valence-electron chi connectivity index (χ2n) is 7.80. The highest BCUT2D eigenvalue weighted by molar-refractivity contribution is 9.10. The lowest BCUT2D eigenvalue weighted by Gasteiger charge is -2.13. The summed E-state index contributed by atoms with van der Waals surface area (Å²) in [4.78, 5) is 38.7. The number of imide groups is 1. The highest BCUT2D eigenvalue weighted by atomic mass is 79.9. The van der Waals surface area contributed by atoms with Gasteiger partial charge in [-0.05, 0) is 85.6 Å². The van der Waals surface area contributed by atoms with E-state index in [0.29, 0.717) is 17.2 Å². The maximum absolute atomic E-state index is 12.8. The van der Waals surface area contributed by atoms with Crippen LogP contribution in [0.3, 0.4) is 0 Å². The first-order chi connectivity index (χ1) is 15.7. The molecule has 1 aliphatic rings. The quantitative estimate of drug-likeness (QED) is 0.395. The van der Waals surface area contributed by atoms with Gasteiger partial charge in [0, 0.05) is 21.8 Å². The van der Waals surface area contributed by atoms with Crippen molar-refractivity contribution in [1.82, 2.24) is 4.90 Å². The average Bonchev–Trinajstić information content (AvgIpc) is 3.31. The molecule has 168 valence electrons. The highest BCUT2D eigenvalue weighted by Gasteiger charge is 2.36. The molecular weight excluding hydrogens is 504 g/mol. The van der Waals surface area contributed by atoms with E-state index in [1.807, 2.05) is 57.2 Å². The van der Waals surface area contributed by atoms with E-state index in [1.165, 1.54) is 6.08 Å². The largest absolute Gasteiger partial charge is 0.457 e. The molecule has 4 rings (SSSR count). The number of nitrogens with zero attached hydrogens (tertiary/aromatic N) is 1. The van der Waals surface area contributed by atoms with Gasteiger partial charge in [0.15, 0.2) is 0 Å². The number of thioether (sulfide) groups is 1. The first kappa shape index (κ1) is 23.1. The van der Waals surface area contributed by atoms with Crippen molar-refractivity contribution in [3.05, 3.63) is 80.4 Å². The van der Waals surface area contributed by atoms with Crippen LogP contribution in [0.1, 0.15) is 22.5 Å². The molecule has 1 N–H and O–H groups in total. The summed E-state index contributed by atoms with van der Waals surface area (Å²) < 4.78 is 6.77. The van der Waals surface area contributed by atoms with Gasteiger partial charge in [-0.3, -0.25) is 19.3 Å². The van der Waals surface area contributed by atoms with Gasteiger partial charge in [0.05, 0.1) is 4.91 Å². The Labute approximate surface area is 204 Å². The van der Waals surface area contributed by atoms with Crippen molar-refractivity contribution < 1.29 is 18.8 Å². The molecular formula is C25H21BrN2O4S. The van der Waals surface area contributed by atoms with Crippen molar-refractivity contribution in [2.75, 3.05) is 11.9 Å². The molecule has 0 bridgehead atoms. The Morgan fingerprint density at radius 1 is 1.06 bits per heavy atom. The fourth-order valence-electron chi connectivity index (χ4n) is 3.32. The molecule has 0 radical (unpaired) electrons. The third kappa shape index (κ3) is 5.12. The van der Waals surface area contributed by atoms with Gasteiger partial charge in [0.25, 0.3) is 11.1 Å². The molecule has 1 aromatic heterocycles. The summed E-state index contributed by atoms with van der Waals surface area (Å²) in [7, 11) is 0. The zero-order chi connectivity index (χ0) is 23.7. The molecule has 3 aromatic rings. The van der Waals surface area contributed by atoms with Gasteiger partial charge in [0.2, 0.25) is 5.91 Å². The van der Waals surface area contributed by atoms with E-state index in [4.69, 9.17) is 4.42 Å². The summed E-state index contributed by atoms with van der Waals surface area (Å²) in [6.45, 7) is 5.58. The molecule has 0 saturated carbocycles. The maximum Gasteiger partial charge on any atom is 0.294 e. The molecule has 33 heavy (non-hydrogen) atoms. The molecule has 2 heterocycles. The number of benzene rings is 2. The van der Waals surface area contributed by atoms with Gasteiger partial charge in [-0.2, -0.15) is 0 Å². The number of hydrogen-bond acceptors (Lipinski definition) is 5. The number of furan rings is 1. The predicted octanol–water partition coefficient (Wildman–Crippen LogP) is 6.31. The van der Waals surface area contributed by atoms with Gasteiger partial charge in [0.1, 0.15) is 18.1 Å². The highest BCUT2D eigenvalue weighted by Crippen LogP contribution is 2.35. The first-order valence-corrected chi connectivity index (χ1v) is 11.8. The van der Waals surface area contributed by atoms with Crippen molar-refractivity contribution >= 4 is 56.5 Å². The standard InChI is InChI=1S/C25H21BrN2O4S/c1-14-4-8-19(20(26)10-14)21-9-7-18(32-21)12-22-24(30)28(25(31)33-22)13-23(29)27-17-6-5-15(2)16(3)11-17/h4-12H,13H2,1-3H3,(H,27,29)/b22-12-. The predicted molar refractivity (Wildman–Crippen MR) is 134 cm³/mol. The molecule has 3 amide bonds. The number of amides is 3. The molecule has 1 saturated heterocycles. The number of aryl methyl sites for hydroxylation is 3. The van der Waals surface area contributed by atoms with Crippen molar-refractivity contribution in [1.29, 1.82) is 0 Å². The van der Waals surface area contributed by atoms with Crippen molar-refractivity contribution in [3.8, 4) is 11.3 Å². The van der Waals surface area contributed by atoms with E-state index in [2.05, 4.69) is 21.2 Å². The second-order valence-corrected chi connectivity index (χ2v) is 9.65. The van der Waals surface area contributed by atoms with Crippen LogP contribution >= 0.6 is 27.7 Å². The van der Waals surface area contributed by atoms with Crippen LogP contribution in [0.4, 0.5) is 10.5 Å². The van der Waals surface area contributed by atoms with Crippen LogP contribution in [0.2, 0.25) is 0 Å². The maximum atomic E-state index is 12.8. The van der Waals surface area contributed by atoms with Crippen molar-refractivity contribution in [3.63, 3.8) is 0 Å². The van der Waals surface area contributed by atoms with Crippen LogP contribution in [0.15, 0.2) is 62.3 Å². The van der Waals surface area contributed by atoms with Crippen LogP contribution in [-0.2, 0) is 9.59 Å². The van der Waals surface area contributed by atoms with Crippen molar-refractivity contribution in [2.24, 2.45) is 0 Å². The Morgan fingerprint density at radius 2 is 1.85 bits per heavy atom. The van der Waals surface area contributed by atoms with Gasteiger partial charge in [-0.25, -0.2) is 0 Å². The topological polar surface area (TPSA) is 79.6 Å². The first-order valence-electron chi connectivity index (χ1n) is 10.2. The summed E-state index contributed by atoms with van der Waals surface area (Å²) >= 11 is 4.33. The summed E-state index contributed by atoms with van der Waals surface area (Å²) in [5, 5.41) is 2.25. The van der Waals surface area contributed by atoms with E-state index < -0.39 is 17.1 Å². The smallest absolute Gasteiger partial charge is 0.294 e. The van der Waals surface area contributed by atoms with Gasteiger partial charge in [-0.15, -0.1) is 0 Å². The minimum atomic E-state index is -0.519. The molecule has 2 aromatic carbocycles. The molecule has 0 unspecified atom stereocenters. The molecule has 0 atom stereocenters. The average molecular weight is 525 g/mol. The number of carbonyl (C=O) groups is 3. The van der Waals surface area contributed by atoms with Crippen molar-refractivity contribution in [2.45, 2.75) is 20.8 Å². The zero-order valence-corrected chi connectivity index (χ0v) is 20.7. The Balaban J connectivity index is 1.46. The minimum Gasteiger partial charge on any atom is -0.457 e. The Morgan fingerprint density at radius 3 is 2.58 bits per heavy atom. The van der Waals surface area contributed by atoms with E-state index in [9.17, 15) is 14.4 Å². The SMILES string of the molecule is Cc1ccc(-c2ccc(/C=C3\SC(=O)N(CC(=O)Nc4ccc(C)c(C)c4)C3=O)o2)c(Br)c1. The fraction of sp³-hybridized carbons (Fsp3) is 0.160. The Kier molecular flexibility index (Phi) is 6.58. The number of nitrogens with one attached hydrogen (secondary N) is 1. The molecule has 1 aliphatic heterocycles. The second kappa shape index (κ2) is 9.41. The number of halogens is 1. The normalized spacial score (nSPS) is 14.9. The number of hydrogen-bond donors (Lipinski definition) is 1. The van der Waals surface area contributed by atoms with E-state index in [0.717, 1.165) is 43.4 Å². The number of carbonyl (C=O) groups excluding carboxylic acids is 3. The summed E-state index contributed by atoms with van der Waals surface area (Å²) in [6, 6.07) is 15.0. The minimum absolute atomic E-state index is 0.211. The van der Waals surface area contributed by atoms with Gasteiger partial charge >= 0.3 is 0 Å². The summed E-state index contributed by atoms with van der Waals surface area (Å²) in [5.41, 5.74) is 4.78. The van der Waals surface area contributed by atoms with Crippen LogP contribution in [-0.4, -0.2) is 28.5 Å². The van der Waals surface area contributed by atoms with Gasteiger partial charge < -0.3 is 9.73 Å². The lowest BCUT2D eigenvalue weighted by Crippen LogP contribution is -2.36. The van der Waals surface area contributed by atoms with E-state index in [1.54, 1.807) is 12.1 Å². The molecule has 6 nitrogen and oxygen atoms in total. The third-order valence-electron chi connectivity index (χ3n) is 5.26. The van der Waals surface area contributed by atoms with Crippen LogP contribution in [0.25, 0.3) is 17.4 Å². The van der Waals surface area contributed by atoms with Gasteiger partial charge in [-0.1, -0.05) is 28.1 Å². The van der Waals surface area contributed by atoms with Crippen LogP contribution in [0, 0.1) is 20.8 Å². The Hall–Kier alpha value is -3.10. The fourth-order valence-corrected chi connectivity index (χ4v) is 4.83. The number of anilines is 1. The Bertz CT molecular complexity index is 1310. The lowest BCUT2D eigenvalue weighted by molar-refractivity contribution is -0.127. The molecule has 0 aliphatic carbocycles. The van der Waals surface area contributed by atoms with Crippen LogP contribution < -0.4 is 5.32 Å². The lowest BCUT2D eigenvalue weighted by atomic mass is 10.1.